The highest BCUT2D eigenvalue weighted by Crippen LogP contribution is 2.44. The molecule has 3 fully saturated rings. The third-order valence-corrected chi connectivity index (χ3v) is 8.26. The number of carbonyl (C=O) groups is 2. The third kappa shape index (κ3) is 4.53. The molecule has 1 aliphatic carbocycles. The molecule has 202 valence electrons. The molecule has 0 aromatic heterocycles. The van der Waals surface area contributed by atoms with Crippen LogP contribution in [0, 0.1) is 27.9 Å². The molecule has 5 rings (SSSR count). The first-order valence-electron chi connectivity index (χ1n) is 12.7. The van der Waals surface area contributed by atoms with Crippen molar-refractivity contribution in [1.82, 2.24) is 0 Å². The highest BCUT2D eigenvalue weighted by molar-refractivity contribution is 6.22. The molecule has 11 heteroatoms. The average molecular weight is 532 g/mol. The van der Waals surface area contributed by atoms with Gasteiger partial charge in [-0.05, 0) is 67.9 Å². The Morgan fingerprint density at radius 2 is 1.71 bits per heavy atom. The van der Waals surface area contributed by atoms with E-state index in [0.717, 1.165) is 23.5 Å². The first kappa shape index (κ1) is 26.1. The number of nitro benzene ring substituents is 1. The zero-order valence-electron chi connectivity index (χ0n) is 20.8. The Kier molecular flexibility index (Phi) is 6.45. The fraction of sp³-hybridized carbons (Fsp3) is 0.481. The van der Waals surface area contributed by atoms with Crippen LogP contribution in [0.15, 0.2) is 42.5 Å². The molecule has 2 heterocycles. The van der Waals surface area contributed by atoms with Crippen LogP contribution < -0.4 is 9.80 Å². The third-order valence-electron chi connectivity index (χ3n) is 8.26. The van der Waals surface area contributed by atoms with Gasteiger partial charge in [0.05, 0.1) is 33.6 Å². The van der Waals surface area contributed by atoms with E-state index in [0.29, 0.717) is 18.8 Å². The van der Waals surface area contributed by atoms with Crippen molar-refractivity contribution in [2.24, 2.45) is 17.8 Å². The number of imide groups is 1. The molecule has 0 spiro atoms. The van der Waals surface area contributed by atoms with Crippen molar-refractivity contribution in [2.75, 3.05) is 22.9 Å². The van der Waals surface area contributed by atoms with E-state index >= 15 is 0 Å². The fourth-order valence-electron chi connectivity index (χ4n) is 6.10. The molecule has 2 aromatic carbocycles. The van der Waals surface area contributed by atoms with E-state index < -0.39 is 34.1 Å². The standard InChI is InChI=1S/C27H28F3N3O5/c1-16-5-7-20-21(13-16)25(35)32(24(20)34)19-6-8-22(23(15-19)33(37)38)31-11-9-26(36,10-12-31)17-3-2-4-18(14-17)27(28,29)30/h2-4,6,8,14-16,20-21,36H,5,7,9-13H2,1H3. The van der Waals surface area contributed by atoms with Crippen LogP contribution in [0.1, 0.15) is 50.2 Å². The van der Waals surface area contributed by atoms with E-state index in [4.69, 9.17) is 0 Å². The smallest absolute Gasteiger partial charge is 0.385 e. The summed E-state index contributed by atoms with van der Waals surface area (Å²) in [6.45, 7) is 2.37. The summed E-state index contributed by atoms with van der Waals surface area (Å²) in [7, 11) is 0. The van der Waals surface area contributed by atoms with Crippen LogP contribution in [0.5, 0.6) is 0 Å². The number of fused-ring (bicyclic) bond motifs is 1. The average Bonchev–Trinajstić information content (AvgIpc) is 3.12. The van der Waals surface area contributed by atoms with E-state index in [2.05, 4.69) is 0 Å². The molecule has 3 aliphatic rings. The van der Waals surface area contributed by atoms with Gasteiger partial charge in [-0.15, -0.1) is 0 Å². The minimum Gasteiger partial charge on any atom is -0.385 e. The topological polar surface area (TPSA) is 104 Å². The van der Waals surface area contributed by atoms with Crippen molar-refractivity contribution >= 4 is 28.9 Å². The Hall–Kier alpha value is -3.47. The van der Waals surface area contributed by atoms with Gasteiger partial charge in [0.2, 0.25) is 11.8 Å². The Labute approximate surface area is 217 Å². The molecule has 38 heavy (non-hydrogen) atoms. The number of piperidine rings is 1. The predicted octanol–water partition coefficient (Wildman–Crippen LogP) is 5.03. The second kappa shape index (κ2) is 9.37. The quantitative estimate of drug-likeness (QED) is 0.337. The lowest BCUT2D eigenvalue weighted by atomic mass is 9.76. The van der Waals surface area contributed by atoms with Gasteiger partial charge in [0, 0.05) is 19.2 Å². The van der Waals surface area contributed by atoms with Crippen LogP contribution in [-0.2, 0) is 21.4 Å². The van der Waals surface area contributed by atoms with Gasteiger partial charge in [0.25, 0.3) is 5.69 Å². The van der Waals surface area contributed by atoms with E-state index in [1.807, 2.05) is 6.92 Å². The van der Waals surface area contributed by atoms with Gasteiger partial charge in [0.15, 0.2) is 0 Å². The number of hydrogen-bond donors (Lipinski definition) is 1. The molecular formula is C27H28F3N3O5. The van der Waals surface area contributed by atoms with Crippen molar-refractivity contribution in [3.8, 4) is 0 Å². The van der Waals surface area contributed by atoms with Gasteiger partial charge in [-0.2, -0.15) is 13.2 Å². The molecule has 2 aliphatic heterocycles. The van der Waals surface area contributed by atoms with E-state index in [-0.39, 0.29) is 60.4 Å². The van der Waals surface area contributed by atoms with Crippen molar-refractivity contribution in [3.05, 3.63) is 63.7 Å². The first-order valence-corrected chi connectivity index (χ1v) is 12.7. The number of aliphatic hydroxyl groups is 1. The number of nitrogens with zero attached hydrogens (tertiary/aromatic N) is 3. The largest absolute Gasteiger partial charge is 0.416 e. The summed E-state index contributed by atoms with van der Waals surface area (Å²) in [5.74, 6) is -1.11. The lowest BCUT2D eigenvalue weighted by molar-refractivity contribution is -0.384. The van der Waals surface area contributed by atoms with Gasteiger partial charge >= 0.3 is 6.18 Å². The van der Waals surface area contributed by atoms with Gasteiger partial charge in [-0.25, -0.2) is 4.90 Å². The molecule has 2 saturated heterocycles. The summed E-state index contributed by atoms with van der Waals surface area (Å²) < 4.78 is 39.5. The maximum atomic E-state index is 13.2. The minimum absolute atomic E-state index is 0.0673. The number of nitro groups is 1. The Morgan fingerprint density at radius 3 is 2.37 bits per heavy atom. The number of halogens is 3. The second-order valence-electron chi connectivity index (χ2n) is 10.7. The number of benzene rings is 2. The van der Waals surface area contributed by atoms with Crippen molar-refractivity contribution in [2.45, 2.75) is 50.8 Å². The zero-order valence-corrected chi connectivity index (χ0v) is 20.8. The maximum Gasteiger partial charge on any atom is 0.416 e. The number of amides is 2. The Bertz CT molecular complexity index is 1290. The van der Waals surface area contributed by atoms with Crippen LogP contribution in [0.4, 0.5) is 30.2 Å². The summed E-state index contributed by atoms with van der Waals surface area (Å²) >= 11 is 0. The molecule has 0 bridgehead atoms. The molecule has 3 unspecified atom stereocenters. The number of carbonyl (C=O) groups excluding carboxylic acids is 2. The molecular weight excluding hydrogens is 503 g/mol. The summed E-state index contributed by atoms with van der Waals surface area (Å²) in [5.41, 5.74) is -2.06. The van der Waals surface area contributed by atoms with Crippen molar-refractivity contribution in [1.29, 1.82) is 0 Å². The van der Waals surface area contributed by atoms with Crippen molar-refractivity contribution < 1.29 is 32.8 Å². The summed E-state index contributed by atoms with van der Waals surface area (Å²) in [6, 6.07) is 8.83. The SMILES string of the molecule is CC1CCC2C(=O)N(c3ccc(N4CCC(O)(c5cccc(C(F)(F)F)c5)CC4)c([N+](=O)[O-])c3)C(=O)C2C1. The predicted molar refractivity (Wildman–Crippen MR) is 132 cm³/mol. The Morgan fingerprint density at radius 1 is 1.03 bits per heavy atom. The fourth-order valence-corrected chi connectivity index (χ4v) is 6.10. The minimum atomic E-state index is -4.54. The molecule has 1 saturated carbocycles. The molecule has 0 radical (unpaired) electrons. The molecule has 3 atom stereocenters. The lowest BCUT2D eigenvalue weighted by Gasteiger charge is -2.39. The number of alkyl halides is 3. The molecule has 2 amide bonds. The zero-order chi connectivity index (χ0) is 27.4. The van der Waals surface area contributed by atoms with Crippen LogP contribution in [0.25, 0.3) is 0 Å². The highest BCUT2D eigenvalue weighted by Gasteiger charge is 2.50. The van der Waals surface area contributed by atoms with Crippen LogP contribution in [-0.4, -0.2) is 34.9 Å². The van der Waals surface area contributed by atoms with Crippen LogP contribution in [0.3, 0.4) is 0 Å². The lowest BCUT2D eigenvalue weighted by Crippen LogP contribution is -2.43. The highest BCUT2D eigenvalue weighted by atomic mass is 19.4. The molecule has 1 N–H and O–H groups in total. The maximum absolute atomic E-state index is 13.2. The van der Waals surface area contributed by atoms with Gasteiger partial charge in [0.1, 0.15) is 5.69 Å². The van der Waals surface area contributed by atoms with Gasteiger partial charge in [-0.3, -0.25) is 19.7 Å². The van der Waals surface area contributed by atoms with Gasteiger partial charge in [-0.1, -0.05) is 19.1 Å². The first-order chi connectivity index (χ1) is 17.9. The number of hydrogen-bond acceptors (Lipinski definition) is 6. The summed E-state index contributed by atoms with van der Waals surface area (Å²) in [5, 5.41) is 23.1. The second-order valence-corrected chi connectivity index (χ2v) is 10.7. The number of rotatable bonds is 4. The normalized spacial score (nSPS) is 25.4. The van der Waals surface area contributed by atoms with E-state index in [1.165, 1.54) is 30.3 Å². The van der Waals surface area contributed by atoms with Crippen LogP contribution in [0.2, 0.25) is 0 Å². The van der Waals surface area contributed by atoms with E-state index in [1.54, 1.807) is 4.90 Å². The van der Waals surface area contributed by atoms with Gasteiger partial charge < -0.3 is 10.0 Å². The Balaban J connectivity index is 1.37. The van der Waals surface area contributed by atoms with Crippen molar-refractivity contribution in [3.63, 3.8) is 0 Å². The van der Waals surface area contributed by atoms with Crippen LogP contribution >= 0.6 is 0 Å². The summed E-state index contributed by atoms with van der Waals surface area (Å²) in [4.78, 5) is 40.3. The monoisotopic (exact) mass is 531 g/mol. The number of anilines is 2. The molecule has 8 nitrogen and oxygen atoms in total. The van der Waals surface area contributed by atoms with E-state index in [9.17, 15) is 38.0 Å². The molecule has 2 aromatic rings. The summed E-state index contributed by atoms with van der Waals surface area (Å²) in [6.07, 6.45) is -2.31.